The molecule has 2 rings (SSSR count). The van der Waals surface area contributed by atoms with Crippen LogP contribution in [0.1, 0.15) is 33.1 Å². The Morgan fingerprint density at radius 1 is 1.33 bits per heavy atom. The van der Waals surface area contributed by atoms with E-state index >= 15 is 0 Å². The molecule has 0 saturated carbocycles. The van der Waals surface area contributed by atoms with Gasteiger partial charge in [-0.25, -0.2) is 0 Å². The van der Waals surface area contributed by atoms with Gasteiger partial charge in [-0.1, -0.05) is 13.8 Å². The van der Waals surface area contributed by atoms with Gasteiger partial charge in [-0.2, -0.15) is 0 Å². The minimum absolute atomic E-state index is 0.440. The highest BCUT2D eigenvalue weighted by atomic mass is 32.2. The molecule has 1 heterocycles. The molecule has 0 bridgehead atoms. The van der Waals surface area contributed by atoms with Crippen molar-refractivity contribution in [1.29, 1.82) is 0 Å². The first kappa shape index (κ1) is 14.0. The predicted molar refractivity (Wildman–Crippen MR) is 79.7 cm³/mol. The number of hydrogen-bond acceptors (Lipinski definition) is 3. The van der Waals surface area contributed by atoms with E-state index < -0.39 is 0 Å². The van der Waals surface area contributed by atoms with E-state index in [1.807, 2.05) is 11.8 Å². The van der Waals surface area contributed by atoms with Gasteiger partial charge in [-0.15, -0.1) is 11.8 Å². The highest BCUT2D eigenvalue weighted by Gasteiger charge is 2.22. The van der Waals surface area contributed by atoms with Crippen LogP contribution >= 0.6 is 11.8 Å². The lowest BCUT2D eigenvalue weighted by molar-refractivity contribution is 0.0459. The highest BCUT2D eigenvalue weighted by molar-refractivity contribution is 8.02. The van der Waals surface area contributed by atoms with E-state index in [1.54, 1.807) is 0 Å². The van der Waals surface area contributed by atoms with Crippen molar-refractivity contribution in [3.05, 3.63) is 22.8 Å². The first-order chi connectivity index (χ1) is 8.72. The molecule has 2 nitrogen and oxygen atoms in total. The van der Waals surface area contributed by atoms with Gasteiger partial charge >= 0.3 is 0 Å². The molecule has 0 radical (unpaired) electrons. The van der Waals surface area contributed by atoms with E-state index in [9.17, 15) is 0 Å². The number of ether oxygens (including phenoxy) is 1. The highest BCUT2D eigenvalue weighted by Crippen LogP contribution is 2.32. The van der Waals surface area contributed by atoms with Gasteiger partial charge in [-0.3, -0.25) is 0 Å². The summed E-state index contributed by atoms with van der Waals surface area (Å²) in [6.45, 7) is 8.08. The lowest BCUT2D eigenvalue weighted by atomic mass is 10.0. The van der Waals surface area contributed by atoms with Gasteiger partial charge in [0, 0.05) is 19.5 Å². The Morgan fingerprint density at radius 3 is 2.61 bits per heavy atom. The zero-order valence-electron chi connectivity index (χ0n) is 11.8. The Kier molecular flexibility index (Phi) is 5.19. The number of allylic oxidation sites excluding steroid dienone is 4. The fourth-order valence-corrected chi connectivity index (χ4v) is 3.41. The van der Waals surface area contributed by atoms with Crippen molar-refractivity contribution in [3.8, 4) is 0 Å². The lowest BCUT2D eigenvalue weighted by Crippen LogP contribution is -2.36. The Bertz CT molecular complexity index is 329. The number of thioether (sulfide) groups is 1. The van der Waals surface area contributed by atoms with Gasteiger partial charge in [0.05, 0.1) is 5.76 Å². The van der Waals surface area contributed by atoms with Crippen molar-refractivity contribution in [2.45, 2.75) is 39.2 Å². The van der Waals surface area contributed by atoms with Gasteiger partial charge in [0.15, 0.2) is 0 Å². The van der Waals surface area contributed by atoms with E-state index in [-0.39, 0.29) is 0 Å². The minimum atomic E-state index is 0.440. The molecule has 1 unspecified atom stereocenters. The fourth-order valence-electron chi connectivity index (χ4n) is 2.72. The molecular weight excluding hydrogens is 242 g/mol. The second kappa shape index (κ2) is 6.67. The van der Waals surface area contributed by atoms with Gasteiger partial charge in [0.25, 0.3) is 0 Å². The van der Waals surface area contributed by atoms with Crippen LogP contribution in [0.15, 0.2) is 22.8 Å². The molecule has 1 aliphatic heterocycles. The second-order valence-corrected chi connectivity index (χ2v) is 6.14. The summed E-state index contributed by atoms with van der Waals surface area (Å²) in [5.74, 6) is 1.81. The zero-order chi connectivity index (χ0) is 13.0. The quantitative estimate of drug-likeness (QED) is 0.771. The van der Waals surface area contributed by atoms with Crippen molar-refractivity contribution in [2.24, 2.45) is 5.92 Å². The summed E-state index contributed by atoms with van der Waals surface area (Å²) in [5.41, 5.74) is 0. The second-order valence-electron chi connectivity index (χ2n) is 5.26. The number of rotatable bonds is 4. The summed E-state index contributed by atoms with van der Waals surface area (Å²) in [6, 6.07) is 0. The monoisotopic (exact) mass is 267 g/mol. The number of likely N-dealkylation sites (tertiary alicyclic amines) is 1. The number of hydrogen-bond donors (Lipinski definition) is 0. The van der Waals surface area contributed by atoms with Crippen LogP contribution in [0.4, 0.5) is 0 Å². The van der Waals surface area contributed by atoms with Crippen LogP contribution < -0.4 is 0 Å². The molecule has 18 heavy (non-hydrogen) atoms. The van der Waals surface area contributed by atoms with Crippen LogP contribution in [-0.2, 0) is 4.74 Å². The molecule has 0 N–H and O–H groups in total. The van der Waals surface area contributed by atoms with E-state index in [2.05, 4.69) is 37.2 Å². The molecule has 0 amide bonds. The first-order valence-electron chi connectivity index (χ1n) is 7.06. The summed E-state index contributed by atoms with van der Waals surface area (Å²) in [7, 11) is 0. The maximum atomic E-state index is 6.17. The van der Waals surface area contributed by atoms with E-state index in [4.69, 9.17) is 4.74 Å². The fraction of sp³-hybridized carbons (Fsp3) is 0.733. The van der Waals surface area contributed by atoms with Crippen LogP contribution in [0.3, 0.4) is 0 Å². The molecule has 1 fully saturated rings. The molecule has 1 aliphatic carbocycles. The van der Waals surface area contributed by atoms with Crippen LogP contribution in [0.2, 0.25) is 0 Å². The van der Waals surface area contributed by atoms with E-state index in [0.29, 0.717) is 12.0 Å². The Balaban J connectivity index is 1.84. The van der Waals surface area contributed by atoms with Crippen LogP contribution in [0.5, 0.6) is 0 Å². The smallest absolute Gasteiger partial charge is 0.101 e. The van der Waals surface area contributed by atoms with E-state index in [1.165, 1.54) is 43.1 Å². The Labute approximate surface area is 115 Å². The third-order valence-corrected chi connectivity index (χ3v) is 4.97. The van der Waals surface area contributed by atoms with Crippen molar-refractivity contribution >= 4 is 11.8 Å². The lowest BCUT2D eigenvalue weighted by Gasteiger charge is -2.33. The van der Waals surface area contributed by atoms with Gasteiger partial charge in [0.2, 0.25) is 0 Å². The van der Waals surface area contributed by atoms with Crippen molar-refractivity contribution in [2.75, 3.05) is 25.9 Å². The molecule has 3 heteroatoms. The predicted octanol–water partition coefficient (Wildman–Crippen LogP) is 3.66. The molecule has 0 spiro atoms. The number of piperidine rings is 1. The molecule has 0 aromatic rings. The van der Waals surface area contributed by atoms with Crippen molar-refractivity contribution < 1.29 is 4.74 Å². The molecule has 0 aromatic heterocycles. The summed E-state index contributed by atoms with van der Waals surface area (Å²) < 4.78 is 6.17. The standard InChI is InChI=1S/C15H25NOS/c1-4-16-9-7-13(8-10-16)17-14-5-6-15(18-3)12(2)11-14/h5-6,12-13H,4,7-11H2,1-3H3. The topological polar surface area (TPSA) is 12.5 Å². The first-order valence-corrected chi connectivity index (χ1v) is 8.29. The normalized spacial score (nSPS) is 26.7. The largest absolute Gasteiger partial charge is 0.495 e. The maximum Gasteiger partial charge on any atom is 0.101 e. The van der Waals surface area contributed by atoms with Gasteiger partial charge in [0.1, 0.15) is 6.10 Å². The molecule has 102 valence electrons. The van der Waals surface area contributed by atoms with Crippen LogP contribution in [0, 0.1) is 5.92 Å². The minimum Gasteiger partial charge on any atom is -0.495 e. The van der Waals surface area contributed by atoms with Gasteiger partial charge in [-0.05, 0) is 48.6 Å². The average molecular weight is 267 g/mol. The molecular formula is C15H25NOS. The third-order valence-electron chi connectivity index (χ3n) is 3.96. The summed E-state index contributed by atoms with van der Waals surface area (Å²) in [5, 5.41) is 0. The maximum absolute atomic E-state index is 6.17. The SMILES string of the molecule is CCN1CCC(OC2=CC=C(SC)C(C)C2)CC1. The molecule has 1 saturated heterocycles. The van der Waals surface area contributed by atoms with Crippen LogP contribution in [0.25, 0.3) is 0 Å². The summed E-state index contributed by atoms with van der Waals surface area (Å²) in [4.78, 5) is 3.98. The third kappa shape index (κ3) is 3.55. The molecule has 0 aromatic carbocycles. The van der Waals surface area contributed by atoms with Crippen molar-refractivity contribution in [1.82, 2.24) is 4.90 Å². The average Bonchev–Trinajstić information content (AvgIpc) is 2.40. The summed E-state index contributed by atoms with van der Waals surface area (Å²) in [6.07, 6.45) is 10.4. The van der Waals surface area contributed by atoms with Crippen LogP contribution in [-0.4, -0.2) is 36.9 Å². The number of nitrogens with zero attached hydrogens (tertiary/aromatic N) is 1. The Morgan fingerprint density at radius 2 is 2.06 bits per heavy atom. The molecule has 2 aliphatic rings. The zero-order valence-corrected chi connectivity index (χ0v) is 12.6. The molecule has 1 atom stereocenters. The van der Waals surface area contributed by atoms with Gasteiger partial charge < -0.3 is 9.64 Å². The summed E-state index contributed by atoms with van der Waals surface area (Å²) >= 11 is 1.86. The van der Waals surface area contributed by atoms with Crippen molar-refractivity contribution in [3.63, 3.8) is 0 Å². The Hall–Kier alpha value is -0.410. The van der Waals surface area contributed by atoms with E-state index in [0.717, 1.165) is 6.42 Å².